The van der Waals surface area contributed by atoms with Crippen molar-refractivity contribution in [2.24, 2.45) is 0 Å². The van der Waals surface area contributed by atoms with E-state index in [1.54, 1.807) is 0 Å². The molecule has 0 aliphatic rings. The molecular weight excluding hydrogens is 171 g/mol. The zero-order chi connectivity index (χ0) is 4.12. The molecule has 0 aromatic carbocycles. The first-order valence-corrected chi connectivity index (χ1v) is 4.72. The van der Waals surface area contributed by atoms with Crippen molar-refractivity contribution in [3.8, 4) is 0 Å². The van der Waals surface area contributed by atoms with Gasteiger partial charge in [-0.15, -0.1) is 0 Å². The maximum atomic E-state index is 5.21. The quantitative estimate of drug-likeness (QED) is 0.574. The third-order valence-corrected chi connectivity index (χ3v) is 1.49. The van der Waals surface area contributed by atoms with Crippen molar-refractivity contribution in [2.75, 3.05) is 6.61 Å². The Kier molecular flexibility index (Phi) is 5.87. The fourth-order valence-electron chi connectivity index (χ4n) is 0.0445. The predicted molar refractivity (Wildman–Crippen MR) is 17.5 cm³/mol. The molecule has 0 fully saturated rings. The van der Waals surface area contributed by atoms with Gasteiger partial charge in [0, 0.05) is 0 Å². The number of halogens is 1. The van der Waals surface area contributed by atoms with Crippen molar-refractivity contribution >= 4 is 9.42 Å². The molecular formula is C2H5ClMoO. The van der Waals surface area contributed by atoms with Crippen LogP contribution in [0.15, 0.2) is 0 Å². The zero-order valence-corrected chi connectivity index (χ0v) is 5.66. The van der Waals surface area contributed by atoms with Gasteiger partial charge in [-0.3, -0.25) is 0 Å². The molecule has 0 N–H and O–H groups in total. The normalized spacial score (nSPS) is 8.40. The van der Waals surface area contributed by atoms with Gasteiger partial charge in [-0.2, -0.15) is 0 Å². The number of hydrogen-bond donors (Lipinski definition) is 0. The summed E-state index contributed by atoms with van der Waals surface area (Å²) in [6, 6.07) is 0. The molecule has 0 aliphatic heterocycles. The minimum atomic E-state index is -0.554. The van der Waals surface area contributed by atoms with Crippen LogP contribution in [0.4, 0.5) is 0 Å². The molecule has 3 heteroatoms. The van der Waals surface area contributed by atoms with Gasteiger partial charge in [-0.25, -0.2) is 0 Å². The van der Waals surface area contributed by atoms with Crippen LogP contribution >= 0.6 is 9.42 Å². The summed E-state index contributed by atoms with van der Waals surface area (Å²) >= 11 is -0.554. The molecule has 0 unspecified atom stereocenters. The van der Waals surface area contributed by atoms with E-state index in [-0.39, 0.29) is 0 Å². The van der Waals surface area contributed by atoms with E-state index >= 15 is 0 Å². The molecule has 0 heterocycles. The van der Waals surface area contributed by atoms with E-state index in [2.05, 4.69) is 0 Å². The second kappa shape index (κ2) is 4.94. The van der Waals surface area contributed by atoms with Crippen LogP contribution in [0.1, 0.15) is 6.92 Å². The first-order chi connectivity index (χ1) is 2.41. The van der Waals surface area contributed by atoms with E-state index in [1.165, 1.54) is 0 Å². The first-order valence-electron chi connectivity index (χ1n) is 1.32. The summed E-state index contributed by atoms with van der Waals surface area (Å²) in [5.74, 6) is 0. The molecule has 0 aliphatic carbocycles. The maximum absolute atomic E-state index is 5.21. The van der Waals surface area contributed by atoms with Gasteiger partial charge in [0.15, 0.2) is 0 Å². The van der Waals surface area contributed by atoms with Crippen LogP contribution < -0.4 is 0 Å². The van der Waals surface area contributed by atoms with E-state index < -0.39 is 17.9 Å². The molecule has 0 saturated heterocycles. The summed E-state index contributed by atoms with van der Waals surface area (Å²) in [7, 11) is 5.21. The number of hydrogen-bond acceptors (Lipinski definition) is 1. The van der Waals surface area contributed by atoms with Gasteiger partial charge in [0.1, 0.15) is 0 Å². The second-order valence-electron chi connectivity index (χ2n) is 0.470. The van der Waals surface area contributed by atoms with Gasteiger partial charge in [0.25, 0.3) is 0 Å². The zero-order valence-electron chi connectivity index (χ0n) is 2.90. The average molecular weight is 176 g/mol. The molecule has 0 bridgehead atoms. The molecule has 5 heavy (non-hydrogen) atoms. The van der Waals surface area contributed by atoms with Crippen molar-refractivity contribution < 1.29 is 21.3 Å². The van der Waals surface area contributed by atoms with Crippen molar-refractivity contribution in [3.63, 3.8) is 0 Å². The van der Waals surface area contributed by atoms with Crippen LogP contribution in [0, 0.1) is 0 Å². The summed E-state index contributed by atoms with van der Waals surface area (Å²) in [5.41, 5.74) is 0. The van der Waals surface area contributed by atoms with Crippen LogP contribution in [0.25, 0.3) is 0 Å². The Labute approximate surface area is 44.6 Å². The van der Waals surface area contributed by atoms with Crippen molar-refractivity contribution in [3.05, 3.63) is 0 Å². The molecule has 0 aromatic heterocycles. The molecule has 0 amide bonds. The Balaban J connectivity index is 2.19. The fraction of sp³-hybridized carbons (Fsp3) is 1.00. The van der Waals surface area contributed by atoms with Gasteiger partial charge < -0.3 is 0 Å². The minimum absolute atomic E-state index is 0.554. The van der Waals surface area contributed by atoms with Crippen LogP contribution in [0.5, 0.6) is 0 Å². The SMILES string of the molecule is CC[O][Mo][Cl]. The van der Waals surface area contributed by atoms with Crippen molar-refractivity contribution in [1.29, 1.82) is 0 Å². The molecule has 0 rings (SSSR count). The average Bonchev–Trinajstić information content (AvgIpc) is 1.41. The van der Waals surface area contributed by atoms with Gasteiger partial charge in [0.05, 0.1) is 0 Å². The van der Waals surface area contributed by atoms with E-state index in [1.807, 2.05) is 6.92 Å². The summed E-state index contributed by atoms with van der Waals surface area (Å²) < 4.78 is 4.73. The Morgan fingerprint density at radius 1 is 2.00 bits per heavy atom. The summed E-state index contributed by atoms with van der Waals surface area (Å²) in [4.78, 5) is 0. The Morgan fingerprint density at radius 2 is 2.60 bits per heavy atom. The monoisotopic (exact) mass is 178 g/mol. The Hall–Kier alpha value is 0.938. The molecule has 32 valence electrons. The molecule has 0 saturated carbocycles. The number of rotatable bonds is 2. The Bertz CT molecular complexity index is 17.1. The van der Waals surface area contributed by atoms with Gasteiger partial charge in [-0.1, -0.05) is 0 Å². The fourth-order valence-corrected chi connectivity index (χ4v) is 0.791. The summed E-state index contributed by atoms with van der Waals surface area (Å²) in [6.45, 7) is 2.71. The van der Waals surface area contributed by atoms with Gasteiger partial charge in [-0.05, 0) is 0 Å². The molecule has 0 aromatic rings. The van der Waals surface area contributed by atoms with Crippen LogP contribution in [0.3, 0.4) is 0 Å². The first kappa shape index (κ1) is 5.94. The van der Waals surface area contributed by atoms with Crippen LogP contribution in [0.2, 0.25) is 0 Å². The van der Waals surface area contributed by atoms with Gasteiger partial charge in [0.2, 0.25) is 0 Å². The van der Waals surface area contributed by atoms with E-state index in [4.69, 9.17) is 12.8 Å². The standard InChI is InChI=1S/C2H5O.ClH.Mo/c1-2-3;;/h2H2,1H3;1H;/q-1;;+2/p-1. The van der Waals surface area contributed by atoms with Crippen LogP contribution in [-0.2, 0) is 21.3 Å². The van der Waals surface area contributed by atoms with Crippen molar-refractivity contribution in [2.45, 2.75) is 6.92 Å². The van der Waals surface area contributed by atoms with E-state index in [9.17, 15) is 0 Å². The molecule has 0 radical (unpaired) electrons. The molecule has 0 atom stereocenters. The molecule has 0 spiro atoms. The van der Waals surface area contributed by atoms with E-state index in [0.717, 1.165) is 6.61 Å². The summed E-state index contributed by atoms with van der Waals surface area (Å²) in [6.07, 6.45) is 0. The third-order valence-electron chi connectivity index (χ3n) is 0.162. The van der Waals surface area contributed by atoms with Gasteiger partial charge >= 0.3 is 44.2 Å². The van der Waals surface area contributed by atoms with Crippen LogP contribution in [-0.4, -0.2) is 6.61 Å². The topological polar surface area (TPSA) is 9.23 Å². The van der Waals surface area contributed by atoms with Crippen molar-refractivity contribution in [1.82, 2.24) is 0 Å². The predicted octanol–water partition coefficient (Wildman–Crippen LogP) is 1.17. The second-order valence-corrected chi connectivity index (χ2v) is 2.10. The third kappa shape index (κ3) is 4.94. The Morgan fingerprint density at radius 3 is 2.60 bits per heavy atom. The van der Waals surface area contributed by atoms with E-state index in [0.29, 0.717) is 0 Å². The summed E-state index contributed by atoms with van der Waals surface area (Å²) in [5, 5.41) is 0. The molecule has 1 nitrogen and oxygen atoms in total.